The second-order valence-corrected chi connectivity index (χ2v) is 5.02. The van der Waals surface area contributed by atoms with Crippen LogP contribution >= 0.6 is 22.6 Å². The molecule has 1 aromatic carbocycles. The number of hydrogen-bond acceptors (Lipinski definition) is 4. The van der Waals surface area contributed by atoms with Gasteiger partial charge in [0.15, 0.2) is 11.9 Å². The number of aldehydes is 1. The van der Waals surface area contributed by atoms with Gasteiger partial charge in [-0.15, -0.1) is 0 Å². The first-order valence-corrected chi connectivity index (χ1v) is 7.54. The molecule has 0 aliphatic carbocycles. The summed E-state index contributed by atoms with van der Waals surface area (Å²) in [6, 6.07) is 9.99. The number of aromatic nitrogens is 3. The average Bonchev–Trinajstić information content (AvgIpc) is 2.90. The third-order valence-electron chi connectivity index (χ3n) is 2.90. The lowest BCUT2D eigenvalue weighted by atomic mass is 10.2. The smallest absolute Gasteiger partial charge is 0.167 e. The number of halogens is 1. The molecule has 0 bridgehead atoms. The highest BCUT2D eigenvalue weighted by molar-refractivity contribution is 14.1. The van der Waals surface area contributed by atoms with Crippen LogP contribution in [0.2, 0.25) is 0 Å². The summed E-state index contributed by atoms with van der Waals surface area (Å²) in [5.74, 6) is 0.684. The minimum Gasteiger partial charge on any atom is -0.340 e. The molecule has 0 aliphatic rings. The van der Waals surface area contributed by atoms with Gasteiger partial charge in [0.25, 0.3) is 0 Å². The summed E-state index contributed by atoms with van der Waals surface area (Å²) in [6.07, 6.45) is 4.04. The summed E-state index contributed by atoms with van der Waals surface area (Å²) in [6.45, 7) is 0. The first kappa shape index (κ1) is 13.0. The van der Waals surface area contributed by atoms with Gasteiger partial charge in [0.05, 0.1) is 11.8 Å². The molecule has 0 unspecified atom stereocenters. The fourth-order valence-corrected chi connectivity index (χ4v) is 2.37. The molecular formula is C14H11IN4O. The van der Waals surface area contributed by atoms with E-state index in [0.29, 0.717) is 17.0 Å². The van der Waals surface area contributed by atoms with Crippen molar-refractivity contribution in [3.8, 4) is 0 Å². The van der Waals surface area contributed by atoms with Crippen LogP contribution in [-0.4, -0.2) is 20.9 Å². The first-order chi connectivity index (χ1) is 9.80. The number of nitrogens with zero attached hydrogens (tertiary/aromatic N) is 3. The highest BCUT2D eigenvalue weighted by Crippen LogP contribution is 2.17. The maximum absolute atomic E-state index is 10.9. The Labute approximate surface area is 129 Å². The number of carbonyl (C=O) groups is 1. The minimum absolute atomic E-state index is 0.480. The third kappa shape index (κ3) is 2.51. The number of anilines is 2. The molecule has 2 heterocycles. The fraction of sp³-hybridized carbons (Fsp3) is 0.0714. The lowest BCUT2D eigenvalue weighted by Gasteiger charge is -2.06. The van der Waals surface area contributed by atoms with Gasteiger partial charge in [-0.1, -0.05) is 34.7 Å². The van der Waals surface area contributed by atoms with Gasteiger partial charge in [0.2, 0.25) is 0 Å². The van der Waals surface area contributed by atoms with Gasteiger partial charge in [-0.2, -0.15) is 5.10 Å². The van der Waals surface area contributed by atoms with Crippen molar-refractivity contribution >= 4 is 46.0 Å². The molecule has 20 heavy (non-hydrogen) atoms. The molecule has 0 saturated heterocycles. The van der Waals surface area contributed by atoms with Crippen LogP contribution < -0.4 is 5.32 Å². The van der Waals surface area contributed by atoms with Crippen molar-refractivity contribution in [2.45, 2.75) is 4.43 Å². The first-order valence-electron chi connectivity index (χ1n) is 6.01. The normalized spacial score (nSPS) is 10.7. The van der Waals surface area contributed by atoms with Crippen LogP contribution in [0, 0.1) is 0 Å². The Hall–Kier alpha value is -1.96. The zero-order chi connectivity index (χ0) is 13.9. The summed E-state index contributed by atoms with van der Waals surface area (Å²) in [7, 11) is 0. The van der Waals surface area contributed by atoms with Crippen molar-refractivity contribution in [2.24, 2.45) is 0 Å². The zero-order valence-electron chi connectivity index (χ0n) is 10.5. The van der Waals surface area contributed by atoms with Gasteiger partial charge >= 0.3 is 0 Å². The summed E-state index contributed by atoms with van der Waals surface area (Å²) in [4.78, 5) is 15.3. The van der Waals surface area contributed by atoms with Gasteiger partial charge in [-0.05, 0) is 23.8 Å². The predicted molar refractivity (Wildman–Crippen MR) is 85.8 cm³/mol. The number of carbonyl (C=O) groups excluding carboxylic acids is 1. The second kappa shape index (κ2) is 5.58. The fourth-order valence-electron chi connectivity index (χ4n) is 1.86. The van der Waals surface area contributed by atoms with Gasteiger partial charge in [-0.25, -0.2) is 9.50 Å². The number of benzene rings is 1. The monoisotopic (exact) mass is 378 g/mol. The highest BCUT2D eigenvalue weighted by Gasteiger charge is 2.05. The Morgan fingerprint density at radius 2 is 2.05 bits per heavy atom. The molecule has 0 aliphatic heterocycles. The Bertz CT molecular complexity index is 751. The van der Waals surface area contributed by atoms with Crippen LogP contribution in [0.25, 0.3) is 5.65 Å². The molecule has 0 amide bonds. The van der Waals surface area contributed by atoms with Crippen molar-refractivity contribution in [3.63, 3.8) is 0 Å². The Morgan fingerprint density at radius 3 is 2.75 bits per heavy atom. The molecule has 1 N–H and O–H groups in total. The molecule has 3 aromatic rings. The predicted octanol–water partition coefficient (Wildman–Crippen LogP) is 3.22. The Kier molecular flexibility index (Phi) is 3.64. The van der Waals surface area contributed by atoms with Gasteiger partial charge < -0.3 is 5.32 Å². The van der Waals surface area contributed by atoms with Crippen LogP contribution in [0.3, 0.4) is 0 Å². The highest BCUT2D eigenvalue weighted by atomic mass is 127. The summed E-state index contributed by atoms with van der Waals surface area (Å²) in [5, 5.41) is 7.27. The quantitative estimate of drug-likeness (QED) is 0.430. The van der Waals surface area contributed by atoms with Crippen LogP contribution in [-0.2, 0) is 4.43 Å². The van der Waals surface area contributed by atoms with Crippen molar-refractivity contribution < 1.29 is 4.79 Å². The summed E-state index contributed by atoms with van der Waals surface area (Å²) < 4.78 is 2.56. The molecule has 3 rings (SSSR count). The van der Waals surface area contributed by atoms with E-state index in [1.807, 2.05) is 18.2 Å². The van der Waals surface area contributed by atoms with E-state index in [4.69, 9.17) is 0 Å². The van der Waals surface area contributed by atoms with E-state index in [9.17, 15) is 4.79 Å². The van der Waals surface area contributed by atoms with E-state index in [1.165, 1.54) is 11.8 Å². The van der Waals surface area contributed by atoms with Crippen molar-refractivity contribution in [2.75, 3.05) is 5.32 Å². The standard InChI is InChI=1S/C14H11IN4O/c15-7-10-1-3-12(4-2-10)17-13-5-6-19-14(18-13)11(9-20)8-16-19/h1-6,8-9H,7H2,(H,17,18). The van der Waals surface area contributed by atoms with Crippen LogP contribution in [0.4, 0.5) is 11.5 Å². The van der Waals surface area contributed by atoms with E-state index >= 15 is 0 Å². The van der Waals surface area contributed by atoms with Gasteiger partial charge in [0, 0.05) is 16.3 Å². The lowest BCUT2D eigenvalue weighted by molar-refractivity contribution is 0.112. The number of alkyl halides is 1. The van der Waals surface area contributed by atoms with E-state index in [-0.39, 0.29) is 0 Å². The maximum Gasteiger partial charge on any atom is 0.167 e. The Morgan fingerprint density at radius 1 is 1.25 bits per heavy atom. The molecule has 2 aromatic heterocycles. The summed E-state index contributed by atoms with van der Waals surface area (Å²) in [5.41, 5.74) is 3.27. The number of hydrogen-bond donors (Lipinski definition) is 1. The topological polar surface area (TPSA) is 59.3 Å². The second-order valence-electron chi connectivity index (χ2n) is 4.25. The molecule has 0 radical (unpaired) electrons. The molecule has 0 atom stereocenters. The SMILES string of the molecule is O=Cc1cnn2ccc(Nc3ccc(CI)cc3)nc12. The molecule has 0 fully saturated rings. The maximum atomic E-state index is 10.9. The lowest BCUT2D eigenvalue weighted by Crippen LogP contribution is -1.97. The molecule has 6 heteroatoms. The summed E-state index contributed by atoms with van der Waals surface area (Å²) >= 11 is 2.33. The van der Waals surface area contributed by atoms with Crippen molar-refractivity contribution in [1.82, 2.24) is 14.6 Å². The largest absolute Gasteiger partial charge is 0.340 e. The Balaban J connectivity index is 1.91. The van der Waals surface area contributed by atoms with E-state index in [1.54, 1.807) is 10.7 Å². The zero-order valence-corrected chi connectivity index (χ0v) is 12.6. The van der Waals surface area contributed by atoms with E-state index in [2.05, 4.69) is 50.1 Å². The number of rotatable bonds is 4. The molecule has 5 nitrogen and oxygen atoms in total. The van der Waals surface area contributed by atoms with E-state index < -0.39 is 0 Å². The van der Waals surface area contributed by atoms with Crippen LogP contribution in [0.1, 0.15) is 15.9 Å². The number of nitrogens with one attached hydrogen (secondary N) is 1. The third-order valence-corrected chi connectivity index (χ3v) is 3.78. The van der Waals surface area contributed by atoms with Crippen LogP contribution in [0.5, 0.6) is 0 Å². The van der Waals surface area contributed by atoms with Gasteiger partial charge in [-0.3, -0.25) is 4.79 Å². The van der Waals surface area contributed by atoms with E-state index in [0.717, 1.165) is 16.4 Å². The minimum atomic E-state index is 0.480. The molecular weight excluding hydrogens is 367 g/mol. The van der Waals surface area contributed by atoms with Crippen LogP contribution in [0.15, 0.2) is 42.7 Å². The molecule has 0 saturated carbocycles. The molecule has 100 valence electrons. The number of fused-ring (bicyclic) bond motifs is 1. The van der Waals surface area contributed by atoms with Crippen molar-refractivity contribution in [3.05, 3.63) is 53.9 Å². The molecule has 0 spiro atoms. The van der Waals surface area contributed by atoms with Crippen molar-refractivity contribution in [1.29, 1.82) is 0 Å². The van der Waals surface area contributed by atoms with Gasteiger partial charge in [0.1, 0.15) is 5.82 Å². The average molecular weight is 378 g/mol.